The first kappa shape index (κ1) is 19.8. The van der Waals surface area contributed by atoms with Crippen molar-refractivity contribution in [2.45, 2.75) is 43.7 Å². The van der Waals surface area contributed by atoms with Crippen molar-refractivity contribution in [3.63, 3.8) is 0 Å². The lowest BCUT2D eigenvalue weighted by molar-refractivity contribution is 0.0783. The number of methoxy groups -OCH3 is 1. The van der Waals surface area contributed by atoms with E-state index in [1.807, 2.05) is 12.3 Å². The van der Waals surface area contributed by atoms with Gasteiger partial charge in [-0.3, -0.25) is 4.79 Å². The second-order valence-electron chi connectivity index (χ2n) is 6.51. The minimum Gasteiger partial charge on any atom is -0.495 e. The molecular formula is C18H23N3O4S2. The molecule has 1 aromatic carbocycles. The molecule has 9 heteroatoms. The summed E-state index contributed by atoms with van der Waals surface area (Å²) in [6, 6.07) is 4.44. The van der Waals surface area contributed by atoms with Crippen LogP contribution in [0.1, 0.15) is 40.8 Å². The van der Waals surface area contributed by atoms with Crippen molar-refractivity contribution < 1.29 is 17.9 Å². The maximum absolute atomic E-state index is 12.8. The van der Waals surface area contributed by atoms with Crippen LogP contribution in [0.3, 0.4) is 0 Å². The molecule has 1 fully saturated rings. The average Bonchev–Trinajstić information content (AvgIpc) is 3.34. The Balaban J connectivity index is 1.82. The van der Waals surface area contributed by atoms with Crippen LogP contribution in [-0.4, -0.2) is 44.4 Å². The van der Waals surface area contributed by atoms with Gasteiger partial charge in [-0.05, 0) is 37.5 Å². The van der Waals surface area contributed by atoms with Crippen molar-refractivity contribution in [2.24, 2.45) is 0 Å². The standard InChI is InChI=1S/C18H23N3O4S2/c1-4-17-19-14(11-26-17)10-21(2)18(22)12-5-8-15(25-3)16(9-12)27(23,24)20-13-6-7-13/h5,8-9,11,13,20H,4,6-7,10H2,1-3H3. The molecule has 1 amide bonds. The summed E-state index contributed by atoms with van der Waals surface area (Å²) in [4.78, 5) is 18.8. The highest BCUT2D eigenvalue weighted by Gasteiger charge is 2.30. The summed E-state index contributed by atoms with van der Waals surface area (Å²) in [5, 5.41) is 2.96. The van der Waals surface area contributed by atoms with E-state index in [9.17, 15) is 13.2 Å². The number of aromatic nitrogens is 1. The van der Waals surface area contributed by atoms with E-state index < -0.39 is 10.0 Å². The van der Waals surface area contributed by atoms with Gasteiger partial charge in [0.2, 0.25) is 10.0 Å². The topological polar surface area (TPSA) is 88.6 Å². The summed E-state index contributed by atoms with van der Waals surface area (Å²) in [6.45, 7) is 2.40. The van der Waals surface area contributed by atoms with E-state index in [1.54, 1.807) is 24.5 Å². The third-order valence-electron chi connectivity index (χ3n) is 4.25. The van der Waals surface area contributed by atoms with Gasteiger partial charge in [-0.2, -0.15) is 0 Å². The molecule has 27 heavy (non-hydrogen) atoms. The van der Waals surface area contributed by atoms with E-state index in [4.69, 9.17) is 4.74 Å². The van der Waals surface area contributed by atoms with E-state index in [2.05, 4.69) is 9.71 Å². The number of aryl methyl sites for hydroxylation is 1. The molecule has 2 aromatic rings. The van der Waals surface area contributed by atoms with Crippen LogP contribution in [0.15, 0.2) is 28.5 Å². The van der Waals surface area contributed by atoms with Gasteiger partial charge < -0.3 is 9.64 Å². The number of nitrogens with one attached hydrogen (secondary N) is 1. The zero-order valence-corrected chi connectivity index (χ0v) is 17.2. The number of thiazole rings is 1. The van der Waals surface area contributed by atoms with E-state index >= 15 is 0 Å². The van der Waals surface area contributed by atoms with Crippen LogP contribution in [0, 0.1) is 0 Å². The maximum Gasteiger partial charge on any atom is 0.253 e. The first-order valence-corrected chi connectivity index (χ1v) is 11.1. The van der Waals surface area contributed by atoms with Crippen molar-refractivity contribution in [3.05, 3.63) is 39.8 Å². The van der Waals surface area contributed by atoms with E-state index in [0.29, 0.717) is 12.1 Å². The number of amides is 1. The molecule has 146 valence electrons. The Bertz CT molecular complexity index is 936. The fraction of sp³-hybridized carbons (Fsp3) is 0.444. The Morgan fingerprint density at radius 3 is 2.74 bits per heavy atom. The summed E-state index contributed by atoms with van der Waals surface area (Å²) in [7, 11) is -0.653. The van der Waals surface area contributed by atoms with Crippen LogP contribution in [0.2, 0.25) is 0 Å². The number of carbonyl (C=O) groups is 1. The molecule has 3 rings (SSSR count). The van der Waals surface area contributed by atoms with Crippen LogP contribution in [0.25, 0.3) is 0 Å². The van der Waals surface area contributed by atoms with Gasteiger partial charge in [0, 0.05) is 24.0 Å². The van der Waals surface area contributed by atoms with Crippen molar-refractivity contribution in [3.8, 4) is 5.75 Å². The van der Waals surface area contributed by atoms with Crippen molar-refractivity contribution in [2.75, 3.05) is 14.2 Å². The number of carbonyl (C=O) groups excluding carboxylic acids is 1. The minimum atomic E-state index is -3.74. The SMILES string of the molecule is CCc1nc(CN(C)C(=O)c2ccc(OC)c(S(=O)(=O)NC3CC3)c2)cs1. The minimum absolute atomic E-state index is 0.0157. The Morgan fingerprint density at radius 1 is 1.41 bits per heavy atom. The second kappa shape index (κ2) is 7.95. The summed E-state index contributed by atoms with van der Waals surface area (Å²) < 4.78 is 33.0. The number of hydrogen-bond acceptors (Lipinski definition) is 6. The van der Waals surface area contributed by atoms with Gasteiger partial charge in [-0.25, -0.2) is 18.1 Å². The Hall–Kier alpha value is -1.97. The zero-order chi connectivity index (χ0) is 19.6. The molecule has 1 saturated carbocycles. The number of hydrogen-bond donors (Lipinski definition) is 1. The Labute approximate surface area is 163 Å². The molecule has 0 unspecified atom stereocenters. The molecule has 0 spiro atoms. The number of rotatable bonds is 8. The number of sulfonamides is 1. The molecule has 0 radical (unpaired) electrons. The predicted octanol–water partition coefficient (Wildman–Crippen LogP) is 2.43. The van der Waals surface area contributed by atoms with Gasteiger partial charge in [-0.15, -0.1) is 11.3 Å². The van der Waals surface area contributed by atoms with Gasteiger partial charge >= 0.3 is 0 Å². The molecule has 7 nitrogen and oxygen atoms in total. The monoisotopic (exact) mass is 409 g/mol. The van der Waals surface area contributed by atoms with E-state index in [1.165, 1.54) is 24.1 Å². The highest BCUT2D eigenvalue weighted by atomic mass is 32.2. The van der Waals surface area contributed by atoms with Crippen LogP contribution >= 0.6 is 11.3 Å². The van der Waals surface area contributed by atoms with Gasteiger partial charge in [0.05, 0.1) is 24.4 Å². The molecule has 0 aliphatic heterocycles. The third-order valence-corrected chi connectivity index (χ3v) is 6.83. The highest BCUT2D eigenvalue weighted by Crippen LogP contribution is 2.28. The molecular weight excluding hydrogens is 386 g/mol. The van der Waals surface area contributed by atoms with Crippen LogP contribution in [-0.2, 0) is 23.0 Å². The molecule has 0 bridgehead atoms. The molecule has 0 saturated heterocycles. The fourth-order valence-electron chi connectivity index (χ4n) is 2.62. The van der Waals surface area contributed by atoms with Gasteiger partial charge in [0.1, 0.15) is 10.6 Å². The summed E-state index contributed by atoms with van der Waals surface area (Å²) in [6.07, 6.45) is 2.52. The van der Waals surface area contributed by atoms with Gasteiger partial charge in [-0.1, -0.05) is 6.92 Å². The molecule has 1 aromatic heterocycles. The Morgan fingerprint density at radius 2 is 2.15 bits per heavy atom. The predicted molar refractivity (Wildman–Crippen MR) is 104 cm³/mol. The Kier molecular flexibility index (Phi) is 5.83. The average molecular weight is 410 g/mol. The van der Waals surface area contributed by atoms with Crippen molar-refractivity contribution >= 4 is 27.3 Å². The number of ether oxygens (including phenoxy) is 1. The summed E-state index contributed by atoms with van der Waals surface area (Å²) >= 11 is 1.57. The van der Waals surface area contributed by atoms with Gasteiger partial charge in [0.15, 0.2) is 0 Å². The molecule has 1 N–H and O–H groups in total. The molecule has 1 heterocycles. The maximum atomic E-state index is 12.8. The van der Waals surface area contributed by atoms with Crippen molar-refractivity contribution in [1.82, 2.24) is 14.6 Å². The van der Waals surface area contributed by atoms with Crippen LogP contribution < -0.4 is 9.46 Å². The first-order chi connectivity index (χ1) is 12.8. The zero-order valence-electron chi connectivity index (χ0n) is 15.6. The highest BCUT2D eigenvalue weighted by molar-refractivity contribution is 7.89. The fourth-order valence-corrected chi connectivity index (χ4v) is 4.86. The van der Waals surface area contributed by atoms with E-state index in [-0.39, 0.29) is 22.6 Å². The lowest BCUT2D eigenvalue weighted by atomic mass is 10.2. The van der Waals surface area contributed by atoms with Gasteiger partial charge in [0.25, 0.3) is 5.91 Å². The molecule has 0 atom stereocenters. The second-order valence-corrected chi connectivity index (χ2v) is 9.13. The third kappa shape index (κ3) is 4.66. The van der Waals surface area contributed by atoms with Crippen molar-refractivity contribution in [1.29, 1.82) is 0 Å². The quantitative estimate of drug-likeness (QED) is 0.723. The summed E-state index contributed by atoms with van der Waals surface area (Å²) in [5.74, 6) is -0.0546. The largest absolute Gasteiger partial charge is 0.495 e. The number of benzene rings is 1. The number of nitrogens with zero attached hydrogens (tertiary/aromatic N) is 2. The molecule has 1 aliphatic rings. The lowest BCUT2D eigenvalue weighted by Gasteiger charge is -2.17. The molecule has 1 aliphatic carbocycles. The lowest BCUT2D eigenvalue weighted by Crippen LogP contribution is -2.28. The first-order valence-electron chi connectivity index (χ1n) is 8.73. The van der Waals surface area contributed by atoms with Crippen LogP contribution in [0.4, 0.5) is 0 Å². The smallest absolute Gasteiger partial charge is 0.253 e. The summed E-state index contributed by atoms with van der Waals surface area (Å²) in [5.41, 5.74) is 1.12. The normalized spacial score (nSPS) is 14.2. The van der Waals surface area contributed by atoms with E-state index in [0.717, 1.165) is 30.0 Å². The van der Waals surface area contributed by atoms with Crippen LogP contribution in [0.5, 0.6) is 5.75 Å².